The number of nitrogens with two attached hydrogens (primary N) is 1. The molecule has 1 heterocycles. The van der Waals surface area contributed by atoms with Crippen molar-refractivity contribution in [1.29, 1.82) is 0 Å². The van der Waals surface area contributed by atoms with E-state index in [0.29, 0.717) is 19.1 Å². The van der Waals surface area contributed by atoms with Gasteiger partial charge in [-0.05, 0) is 32.0 Å². The second-order valence-corrected chi connectivity index (χ2v) is 7.05. The number of sulfonamides is 1. The Morgan fingerprint density at radius 1 is 1.43 bits per heavy atom. The van der Waals surface area contributed by atoms with Gasteiger partial charge in [-0.1, -0.05) is 12.8 Å². The highest BCUT2D eigenvalue weighted by molar-refractivity contribution is 7.89. The van der Waals surface area contributed by atoms with Gasteiger partial charge >= 0.3 is 0 Å². The van der Waals surface area contributed by atoms with Crippen molar-refractivity contribution in [3.63, 3.8) is 0 Å². The highest BCUT2D eigenvalue weighted by atomic mass is 32.2. The number of rotatable bonds is 7. The molecule has 7 nitrogen and oxygen atoms in total. The van der Waals surface area contributed by atoms with Gasteiger partial charge in [0.2, 0.25) is 10.0 Å². The molecular weight excluding hydrogens is 290 g/mol. The van der Waals surface area contributed by atoms with Crippen LogP contribution in [0.3, 0.4) is 0 Å². The van der Waals surface area contributed by atoms with Gasteiger partial charge in [-0.3, -0.25) is 0 Å². The monoisotopic (exact) mass is 313 g/mol. The van der Waals surface area contributed by atoms with E-state index in [1.54, 1.807) is 6.07 Å². The molecule has 0 aromatic carbocycles. The summed E-state index contributed by atoms with van der Waals surface area (Å²) in [4.78, 5) is 6.19. The molecule has 1 fully saturated rings. The Morgan fingerprint density at radius 2 is 2.14 bits per heavy atom. The highest BCUT2D eigenvalue weighted by Crippen LogP contribution is 2.22. The average molecular weight is 313 g/mol. The fourth-order valence-electron chi connectivity index (χ4n) is 2.68. The second-order valence-electron chi connectivity index (χ2n) is 5.31. The summed E-state index contributed by atoms with van der Waals surface area (Å²) in [6.07, 6.45) is 6.42. The SMILES string of the molecule is CN(CCNS(=O)(=O)c1cccnc1NN)C1CCCC1. The standard InChI is InChI=1S/C13H23N5O2S/c1-18(11-5-2-3-6-11)10-9-16-21(19,20)12-7-4-8-15-13(12)17-14/h4,7-8,11,16H,2-3,5-6,9-10,14H2,1H3,(H,15,17). The maximum atomic E-state index is 12.2. The number of hydrazine groups is 1. The van der Waals surface area contributed by atoms with E-state index < -0.39 is 10.0 Å². The van der Waals surface area contributed by atoms with E-state index in [9.17, 15) is 8.42 Å². The van der Waals surface area contributed by atoms with Crippen LogP contribution in [0.5, 0.6) is 0 Å². The molecule has 1 aromatic rings. The molecule has 21 heavy (non-hydrogen) atoms. The van der Waals surface area contributed by atoms with Gasteiger partial charge < -0.3 is 10.3 Å². The number of nitrogen functional groups attached to an aromatic ring is 1. The molecule has 1 saturated carbocycles. The topological polar surface area (TPSA) is 100 Å². The van der Waals surface area contributed by atoms with Crippen molar-refractivity contribution in [1.82, 2.24) is 14.6 Å². The van der Waals surface area contributed by atoms with E-state index in [1.165, 1.54) is 37.9 Å². The number of anilines is 1. The van der Waals surface area contributed by atoms with E-state index >= 15 is 0 Å². The Bertz CT molecular complexity index is 557. The van der Waals surface area contributed by atoms with Gasteiger partial charge in [-0.15, -0.1) is 0 Å². The Kier molecular flexibility index (Phi) is 5.51. The van der Waals surface area contributed by atoms with Crippen molar-refractivity contribution in [2.45, 2.75) is 36.6 Å². The van der Waals surface area contributed by atoms with Crippen LogP contribution >= 0.6 is 0 Å². The van der Waals surface area contributed by atoms with E-state index in [2.05, 4.69) is 20.0 Å². The molecule has 1 aliphatic carbocycles. The minimum atomic E-state index is -3.60. The number of pyridine rings is 1. The Morgan fingerprint density at radius 3 is 2.81 bits per heavy atom. The van der Waals surface area contributed by atoms with Crippen LogP contribution in [0.2, 0.25) is 0 Å². The first-order valence-corrected chi connectivity index (χ1v) is 8.64. The first-order chi connectivity index (χ1) is 10.0. The Hall–Kier alpha value is -1.22. The predicted octanol–water partition coefficient (Wildman–Crippen LogP) is 0.520. The molecule has 118 valence electrons. The lowest BCUT2D eigenvalue weighted by atomic mass is 10.2. The molecule has 8 heteroatoms. The smallest absolute Gasteiger partial charge is 0.244 e. The highest BCUT2D eigenvalue weighted by Gasteiger charge is 2.21. The van der Waals surface area contributed by atoms with Crippen LogP contribution in [-0.2, 0) is 10.0 Å². The van der Waals surface area contributed by atoms with Crippen LogP contribution < -0.4 is 16.0 Å². The fraction of sp³-hybridized carbons (Fsp3) is 0.615. The average Bonchev–Trinajstić information content (AvgIpc) is 3.01. The van der Waals surface area contributed by atoms with E-state index in [4.69, 9.17) is 5.84 Å². The summed E-state index contributed by atoms with van der Waals surface area (Å²) < 4.78 is 27.1. The lowest BCUT2D eigenvalue weighted by Crippen LogP contribution is -2.37. The molecule has 2 rings (SSSR count). The minimum absolute atomic E-state index is 0.0658. The number of likely N-dealkylation sites (N-methyl/N-ethyl adjacent to an activating group) is 1. The fourth-order valence-corrected chi connectivity index (χ4v) is 3.82. The summed E-state index contributed by atoms with van der Waals surface area (Å²) in [7, 11) is -1.56. The quantitative estimate of drug-likeness (QED) is 0.501. The predicted molar refractivity (Wildman–Crippen MR) is 82.1 cm³/mol. The Labute approximate surface area is 125 Å². The molecule has 4 N–H and O–H groups in total. The summed E-state index contributed by atoms with van der Waals surface area (Å²) in [5.41, 5.74) is 2.30. The van der Waals surface area contributed by atoms with Gasteiger partial charge in [0.05, 0.1) is 0 Å². The van der Waals surface area contributed by atoms with Crippen molar-refractivity contribution in [3.8, 4) is 0 Å². The van der Waals surface area contributed by atoms with Gasteiger partial charge in [0, 0.05) is 25.3 Å². The van der Waals surface area contributed by atoms with Crippen LogP contribution in [0, 0.1) is 0 Å². The normalized spacial score (nSPS) is 16.5. The van der Waals surface area contributed by atoms with Crippen molar-refractivity contribution < 1.29 is 8.42 Å². The summed E-state index contributed by atoms with van der Waals surface area (Å²) in [6, 6.07) is 3.62. The minimum Gasteiger partial charge on any atom is -0.307 e. The zero-order valence-corrected chi connectivity index (χ0v) is 13.1. The molecule has 0 radical (unpaired) electrons. The molecule has 0 saturated heterocycles. The second kappa shape index (κ2) is 7.17. The molecule has 0 spiro atoms. The molecular formula is C13H23N5O2S. The number of nitrogens with zero attached hydrogens (tertiary/aromatic N) is 2. The first-order valence-electron chi connectivity index (χ1n) is 7.16. The van der Waals surface area contributed by atoms with Crippen LogP contribution in [0.15, 0.2) is 23.2 Å². The first kappa shape index (κ1) is 16.2. The van der Waals surface area contributed by atoms with Crippen LogP contribution in [0.25, 0.3) is 0 Å². The van der Waals surface area contributed by atoms with Crippen molar-refractivity contribution in [3.05, 3.63) is 18.3 Å². The zero-order chi connectivity index (χ0) is 15.3. The molecule has 0 bridgehead atoms. The third-order valence-corrected chi connectivity index (χ3v) is 5.39. The maximum absolute atomic E-state index is 12.2. The zero-order valence-electron chi connectivity index (χ0n) is 12.2. The molecule has 1 aliphatic rings. The summed E-state index contributed by atoms with van der Waals surface area (Å²) in [6.45, 7) is 1.06. The maximum Gasteiger partial charge on any atom is 0.244 e. The summed E-state index contributed by atoms with van der Waals surface area (Å²) in [5, 5.41) is 0. The van der Waals surface area contributed by atoms with Crippen LogP contribution in [0.4, 0.5) is 5.82 Å². The number of hydrogen-bond donors (Lipinski definition) is 3. The Balaban J connectivity index is 1.92. The van der Waals surface area contributed by atoms with Gasteiger partial charge in [0.1, 0.15) is 4.90 Å². The van der Waals surface area contributed by atoms with E-state index in [1.807, 2.05) is 7.05 Å². The molecule has 0 unspecified atom stereocenters. The van der Waals surface area contributed by atoms with Gasteiger partial charge in [0.25, 0.3) is 0 Å². The summed E-state index contributed by atoms with van der Waals surface area (Å²) >= 11 is 0. The summed E-state index contributed by atoms with van der Waals surface area (Å²) in [5.74, 6) is 5.44. The van der Waals surface area contributed by atoms with Crippen molar-refractivity contribution >= 4 is 15.8 Å². The molecule has 0 atom stereocenters. The third-order valence-electron chi connectivity index (χ3n) is 3.90. The van der Waals surface area contributed by atoms with Gasteiger partial charge in [-0.2, -0.15) is 0 Å². The lowest BCUT2D eigenvalue weighted by molar-refractivity contribution is 0.250. The lowest BCUT2D eigenvalue weighted by Gasteiger charge is -2.23. The molecule has 0 aliphatic heterocycles. The van der Waals surface area contributed by atoms with Crippen molar-refractivity contribution in [2.24, 2.45) is 5.84 Å². The number of aromatic nitrogens is 1. The molecule has 0 amide bonds. The van der Waals surface area contributed by atoms with Gasteiger partial charge in [0.15, 0.2) is 5.82 Å². The number of hydrogen-bond acceptors (Lipinski definition) is 6. The van der Waals surface area contributed by atoms with Crippen molar-refractivity contribution in [2.75, 3.05) is 25.6 Å². The van der Waals surface area contributed by atoms with Gasteiger partial charge in [-0.25, -0.2) is 24.0 Å². The van der Waals surface area contributed by atoms with Crippen LogP contribution in [-0.4, -0.2) is 44.5 Å². The largest absolute Gasteiger partial charge is 0.307 e. The van der Waals surface area contributed by atoms with Crippen LogP contribution in [0.1, 0.15) is 25.7 Å². The van der Waals surface area contributed by atoms with E-state index in [0.717, 1.165) is 0 Å². The molecule has 1 aromatic heterocycles. The van der Waals surface area contributed by atoms with E-state index in [-0.39, 0.29) is 10.7 Å². The number of nitrogens with one attached hydrogen (secondary N) is 2. The third kappa shape index (κ3) is 4.13.